The van der Waals surface area contributed by atoms with Crippen LogP contribution in [0.1, 0.15) is 59.3 Å². The van der Waals surface area contributed by atoms with Crippen LogP contribution in [0.4, 0.5) is 0 Å². The van der Waals surface area contributed by atoms with Crippen LogP contribution in [-0.2, 0) is 0 Å². The fourth-order valence-electron chi connectivity index (χ4n) is 2.41. The van der Waals surface area contributed by atoms with E-state index in [1.165, 1.54) is 38.5 Å². The molecule has 0 fully saturated rings. The molecule has 0 aromatic carbocycles. The Bertz CT molecular complexity index is 163. The zero-order valence-electron chi connectivity index (χ0n) is 9.47. The Morgan fingerprint density at radius 1 is 1.23 bits per heavy atom. The van der Waals surface area contributed by atoms with Crippen molar-refractivity contribution in [3.63, 3.8) is 0 Å². The molecule has 1 rings (SSSR count). The van der Waals surface area contributed by atoms with Crippen LogP contribution in [0.3, 0.4) is 0 Å². The highest BCUT2D eigenvalue weighted by molar-refractivity contribution is 5.01. The maximum Gasteiger partial charge on any atom is -0.0123 e. The third-order valence-corrected chi connectivity index (χ3v) is 3.98. The maximum atomic E-state index is 2.50. The van der Waals surface area contributed by atoms with Gasteiger partial charge in [0, 0.05) is 0 Å². The first-order valence-corrected chi connectivity index (χ1v) is 5.94. The van der Waals surface area contributed by atoms with Gasteiger partial charge in [-0.2, -0.15) is 0 Å². The van der Waals surface area contributed by atoms with Gasteiger partial charge in [-0.15, -0.1) is 0 Å². The van der Waals surface area contributed by atoms with Gasteiger partial charge in [0.05, 0.1) is 0 Å². The van der Waals surface area contributed by atoms with E-state index in [1.54, 1.807) is 0 Å². The largest absolute Gasteiger partial charge is 0.0877 e. The maximum absolute atomic E-state index is 2.50. The van der Waals surface area contributed by atoms with Crippen LogP contribution in [0.25, 0.3) is 0 Å². The first kappa shape index (κ1) is 10.8. The summed E-state index contributed by atoms with van der Waals surface area (Å²) in [5.41, 5.74) is 0.546. The second-order valence-electron chi connectivity index (χ2n) is 4.52. The predicted octanol–water partition coefficient (Wildman–Crippen LogP) is 4.56. The molecule has 0 heteroatoms. The van der Waals surface area contributed by atoms with Crippen LogP contribution >= 0.6 is 0 Å². The summed E-state index contributed by atoms with van der Waals surface area (Å²) >= 11 is 0. The molecule has 0 radical (unpaired) electrons. The van der Waals surface area contributed by atoms with Crippen molar-refractivity contribution >= 4 is 0 Å². The van der Waals surface area contributed by atoms with E-state index < -0.39 is 0 Å². The number of rotatable bonds is 3. The van der Waals surface area contributed by atoms with E-state index >= 15 is 0 Å². The second kappa shape index (κ2) is 4.83. The van der Waals surface area contributed by atoms with Crippen LogP contribution in [0, 0.1) is 11.3 Å². The van der Waals surface area contributed by atoms with Gasteiger partial charge in [0.1, 0.15) is 0 Å². The monoisotopic (exact) mass is 180 g/mol. The van der Waals surface area contributed by atoms with Crippen molar-refractivity contribution in [2.45, 2.75) is 59.3 Å². The highest BCUT2D eigenvalue weighted by atomic mass is 14.3. The molecule has 0 aromatic rings. The van der Waals surface area contributed by atoms with Crippen LogP contribution in [0.15, 0.2) is 12.2 Å². The molecule has 1 atom stereocenters. The van der Waals surface area contributed by atoms with Gasteiger partial charge in [-0.25, -0.2) is 0 Å². The lowest BCUT2D eigenvalue weighted by atomic mass is 9.78. The molecule has 0 saturated carbocycles. The van der Waals surface area contributed by atoms with E-state index in [0.29, 0.717) is 5.41 Å². The van der Waals surface area contributed by atoms with Gasteiger partial charge in [0.2, 0.25) is 0 Å². The Balaban J connectivity index is 2.61. The minimum absolute atomic E-state index is 0.546. The van der Waals surface area contributed by atoms with E-state index in [1.807, 2.05) is 0 Å². The molecule has 0 aliphatic heterocycles. The van der Waals surface area contributed by atoms with E-state index in [-0.39, 0.29) is 0 Å². The third-order valence-electron chi connectivity index (χ3n) is 3.98. The average Bonchev–Trinajstić information content (AvgIpc) is 2.40. The van der Waals surface area contributed by atoms with E-state index in [4.69, 9.17) is 0 Å². The average molecular weight is 180 g/mol. The third kappa shape index (κ3) is 2.59. The SMILES string of the molecule is CCC1CC=CC(CC)(CC)CC1. The van der Waals surface area contributed by atoms with Crippen LogP contribution in [0.5, 0.6) is 0 Å². The smallest absolute Gasteiger partial charge is 0.0123 e. The fraction of sp³-hybridized carbons (Fsp3) is 0.846. The Labute approximate surface area is 83.4 Å². The molecule has 0 saturated heterocycles. The van der Waals surface area contributed by atoms with Gasteiger partial charge < -0.3 is 0 Å². The Hall–Kier alpha value is -0.260. The molecule has 0 spiro atoms. The molecule has 0 bridgehead atoms. The van der Waals surface area contributed by atoms with Gasteiger partial charge >= 0.3 is 0 Å². The van der Waals surface area contributed by atoms with Gasteiger partial charge in [-0.1, -0.05) is 39.3 Å². The molecule has 0 N–H and O–H groups in total. The summed E-state index contributed by atoms with van der Waals surface area (Å²) in [6, 6.07) is 0. The standard InChI is InChI=1S/C13H24/c1-4-12-8-7-10-13(5-2,6-3)11-9-12/h7,10,12H,4-6,8-9,11H2,1-3H3. The summed E-state index contributed by atoms with van der Waals surface area (Å²) in [5, 5.41) is 0. The molecule has 76 valence electrons. The van der Waals surface area contributed by atoms with Crippen molar-refractivity contribution in [2.75, 3.05) is 0 Å². The van der Waals surface area contributed by atoms with E-state index in [0.717, 1.165) is 5.92 Å². The van der Waals surface area contributed by atoms with Crippen molar-refractivity contribution < 1.29 is 0 Å². The Morgan fingerprint density at radius 2 is 1.92 bits per heavy atom. The fourth-order valence-corrected chi connectivity index (χ4v) is 2.41. The van der Waals surface area contributed by atoms with Gasteiger partial charge in [-0.3, -0.25) is 0 Å². The number of hydrogen-bond acceptors (Lipinski definition) is 0. The van der Waals surface area contributed by atoms with Gasteiger partial charge in [0.15, 0.2) is 0 Å². The molecular formula is C13H24. The lowest BCUT2D eigenvalue weighted by molar-refractivity contribution is 0.295. The Kier molecular flexibility index (Phi) is 4.02. The summed E-state index contributed by atoms with van der Waals surface area (Å²) in [4.78, 5) is 0. The molecule has 1 aliphatic carbocycles. The first-order valence-electron chi connectivity index (χ1n) is 5.94. The zero-order valence-corrected chi connectivity index (χ0v) is 9.47. The summed E-state index contributed by atoms with van der Waals surface area (Å²) in [7, 11) is 0. The van der Waals surface area contributed by atoms with Crippen molar-refractivity contribution in [2.24, 2.45) is 11.3 Å². The van der Waals surface area contributed by atoms with Crippen LogP contribution in [0.2, 0.25) is 0 Å². The Morgan fingerprint density at radius 3 is 2.46 bits per heavy atom. The summed E-state index contributed by atoms with van der Waals surface area (Å²) in [5.74, 6) is 0.955. The summed E-state index contributed by atoms with van der Waals surface area (Å²) < 4.78 is 0. The van der Waals surface area contributed by atoms with Crippen LogP contribution in [-0.4, -0.2) is 0 Å². The normalized spacial score (nSPS) is 27.2. The lowest BCUT2D eigenvalue weighted by Gasteiger charge is -2.27. The molecule has 0 nitrogen and oxygen atoms in total. The minimum atomic E-state index is 0.546. The molecule has 0 aromatic heterocycles. The highest BCUT2D eigenvalue weighted by Crippen LogP contribution is 2.38. The summed E-state index contributed by atoms with van der Waals surface area (Å²) in [6.07, 6.45) is 13.1. The van der Waals surface area contributed by atoms with Crippen LogP contribution < -0.4 is 0 Å². The molecule has 13 heavy (non-hydrogen) atoms. The van der Waals surface area contributed by atoms with Gasteiger partial charge in [-0.05, 0) is 43.4 Å². The van der Waals surface area contributed by atoms with Crippen molar-refractivity contribution in [1.82, 2.24) is 0 Å². The zero-order chi connectivity index (χ0) is 9.73. The second-order valence-corrected chi connectivity index (χ2v) is 4.52. The summed E-state index contributed by atoms with van der Waals surface area (Å²) in [6.45, 7) is 6.99. The van der Waals surface area contributed by atoms with E-state index in [9.17, 15) is 0 Å². The van der Waals surface area contributed by atoms with E-state index in [2.05, 4.69) is 32.9 Å². The van der Waals surface area contributed by atoms with Crippen molar-refractivity contribution in [1.29, 1.82) is 0 Å². The van der Waals surface area contributed by atoms with Gasteiger partial charge in [0.25, 0.3) is 0 Å². The molecule has 0 heterocycles. The number of allylic oxidation sites excluding steroid dienone is 2. The topological polar surface area (TPSA) is 0 Å². The van der Waals surface area contributed by atoms with Crippen molar-refractivity contribution in [3.05, 3.63) is 12.2 Å². The minimum Gasteiger partial charge on any atom is -0.0877 e. The molecule has 0 amide bonds. The van der Waals surface area contributed by atoms with Crippen molar-refractivity contribution in [3.8, 4) is 0 Å². The number of hydrogen-bond donors (Lipinski definition) is 0. The lowest BCUT2D eigenvalue weighted by Crippen LogP contribution is -2.15. The molecule has 1 aliphatic rings. The highest BCUT2D eigenvalue weighted by Gasteiger charge is 2.25. The molecule has 1 unspecified atom stereocenters. The first-order chi connectivity index (χ1) is 6.26. The molecular weight excluding hydrogens is 156 g/mol. The quantitative estimate of drug-likeness (QED) is 0.558. The predicted molar refractivity (Wildman–Crippen MR) is 59.8 cm³/mol.